The van der Waals surface area contributed by atoms with Gasteiger partial charge in [0.25, 0.3) is 5.91 Å². The number of rotatable bonds is 4. The molecule has 1 aromatic carbocycles. The van der Waals surface area contributed by atoms with Crippen LogP contribution in [0.5, 0.6) is 0 Å². The van der Waals surface area contributed by atoms with Crippen molar-refractivity contribution in [2.45, 2.75) is 18.9 Å². The summed E-state index contributed by atoms with van der Waals surface area (Å²) in [5.74, 6) is -0.358. The van der Waals surface area contributed by atoms with Crippen molar-refractivity contribution in [2.24, 2.45) is 5.10 Å². The monoisotopic (exact) mass is 391 g/mol. The van der Waals surface area contributed by atoms with E-state index in [0.717, 1.165) is 19.9 Å². The predicted octanol–water partition coefficient (Wildman–Crippen LogP) is 3.70. The summed E-state index contributed by atoms with van der Waals surface area (Å²) in [4.78, 5) is 25.9. The highest BCUT2D eigenvalue weighted by Crippen LogP contribution is 2.32. The van der Waals surface area contributed by atoms with Crippen molar-refractivity contribution in [1.29, 1.82) is 0 Å². The number of nitrogens with zero attached hydrogens (tertiary/aromatic N) is 2. The molecule has 0 aliphatic carbocycles. The highest BCUT2D eigenvalue weighted by Gasteiger charge is 2.51. The summed E-state index contributed by atoms with van der Waals surface area (Å²) in [5.41, 5.74) is -0.288. The van der Waals surface area contributed by atoms with Crippen LogP contribution in [0.2, 0.25) is 0 Å². The van der Waals surface area contributed by atoms with Gasteiger partial charge in [0.2, 0.25) is 0 Å². The van der Waals surface area contributed by atoms with Crippen LogP contribution in [0.25, 0.3) is 0 Å². The second kappa shape index (κ2) is 6.25. The smallest absolute Gasteiger partial charge is 0.318 e. The zero-order valence-corrected chi connectivity index (χ0v) is 14.7. The third-order valence-electron chi connectivity index (χ3n) is 3.76. The van der Waals surface area contributed by atoms with Gasteiger partial charge in [-0.05, 0) is 34.0 Å². The first-order valence-electron chi connectivity index (χ1n) is 7.07. The maximum Gasteiger partial charge on any atom is 0.346 e. The average molecular weight is 392 g/mol. The Balaban J connectivity index is 1.91. The Kier molecular flexibility index (Phi) is 4.32. The molecule has 1 aromatic heterocycles. The van der Waals surface area contributed by atoms with Crippen LogP contribution in [0.15, 0.2) is 51.4 Å². The van der Waals surface area contributed by atoms with Gasteiger partial charge in [0.05, 0.1) is 6.21 Å². The van der Waals surface area contributed by atoms with E-state index in [1.807, 2.05) is 48.7 Å². The van der Waals surface area contributed by atoms with Gasteiger partial charge in [0.15, 0.2) is 0 Å². The van der Waals surface area contributed by atoms with Crippen LogP contribution in [0.3, 0.4) is 0 Å². The third-order valence-corrected chi connectivity index (χ3v) is 5.38. The molecule has 118 valence electrons. The van der Waals surface area contributed by atoms with E-state index >= 15 is 0 Å². The fourth-order valence-corrected chi connectivity index (χ4v) is 3.84. The molecule has 7 heteroatoms. The number of carbonyl (C=O) groups excluding carboxylic acids is 2. The van der Waals surface area contributed by atoms with Crippen molar-refractivity contribution in [3.8, 4) is 0 Å². The molecule has 2 heterocycles. The zero-order valence-electron chi connectivity index (χ0n) is 12.3. The molecule has 1 aliphatic heterocycles. The van der Waals surface area contributed by atoms with Gasteiger partial charge in [-0.2, -0.15) is 5.10 Å². The van der Waals surface area contributed by atoms with Crippen molar-refractivity contribution in [3.05, 3.63) is 56.7 Å². The van der Waals surface area contributed by atoms with Crippen LogP contribution in [-0.4, -0.2) is 23.2 Å². The minimum Gasteiger partial charge on any atom is -0.318 e. The minimum atomic E-state index is -1.05. The van der Waals surface area contributed by atoms with Gasteiger partial charge in [0, 0.05) is 14.7 Å². The Bertz CT molecular complexity index is 775. The molecular formula is C16H14BrN3O2S. The highest BCUT2D eigenvalue weighted by atomic mass is 79.9. The van der Waals surface area contributed by atoms with E-state index in [1.165, 1.54) is 17.6 Å². The molecule has 3 rings (SSSR count). The molecule has 0 radical (unpaired) electrons. The van der Waals surface area contributed by atoms with Crippen LogP contribution in [-0.2, 0) is 10.3 Å². The Hall–Kier alpha value is -1.99. The zero-order chi connectivity index (χ0) is 16.4. The molecule has 1 atom stereocenters. The van der Waals surface area contributed by atoms with E-state index in [0.29, 0.717) is 6.42 Å². The summed E-state index contributed by atoms with van der Waals surface area (Å²) in [6.45, 7) is 1.87. The second-order valence-electron chi connectivity index (χ2n) is 5.08. The standard InChI is InChI=1S/C16H14BrN3O2S/c1-2-16(11-6-4-3-5-7-11)14(21)20(15(22)19-16)18-9-13-8-12(17)10-23-13/h3-10H,2H2,1H3,(H,19,22)/b18-9-/t16-/m0/s1. The summed E-state index contributed by atoms with van der Waals surface area (Å²) in [5, 5.41) is 9.68. The van der Waals surface area contributed by atoms with Crippen LogP contribution in [0, 0.1) is 0 Å². The molecule has 0 bridgehead atoms. The Morgan fingerprint density at radius 2 is 2.09 bits per heavy atom. The van der Waals surface area contributed by atoms with E-state index in [9.17, 15) is 9.59 Å². The average Bonchev–Trinajstić information content (AvgIpc) is 3.08. The maximum absolute atomic E-state index is 12.8. The number of hydrogen-bond donors (Lipinski definition) is 1. The first-order valence-corrected chi connectivity index (χ1v) is 8.74. The van der Waals surface area contributed by atoms with Gasteiger partial charge in [-0.1, -0.05) is 37.3 Å². The summed E-state index contributed by atoms with van der Waals surface area (Å²) in [6.07, 6.45) is 1.97. The molecule has 0 unspecified atom stereocenters. The first-order chi connectivity index (χ1) is 11.1. The van der Waals surface area contributed by atoms with Gasteiger partial charge < -0.3 is 5.32 Å². The number of urea groups is 1. The quantitative estimate of drug-likeness (QED) is 0.637. The summed E-state index contributed by atoms with van der Waals surface area (Å²) < 4.78 is 0.938. The van der Waals surface area contributed by atoms with Crippen molar-refractivity contribution in [2.75, 3.05) is 0 Å². The molecule has 0 saturated carbocycles. The lowest BCUT2D eigenvalue weighted by Crippen LogP contribution is -2.43. The number of thiophene rings is 1. The van der Waals surface area contributed by atoms with E-state index in [4.69, 9.17) is 0 Å². The Morgan fingerprint density at radius 1 is 1.35 bits per heavy atom. The Labute approximate surface area is 146 Å². The van der Waals surface area contributed by atoms with E-state index in [2.05, 4.69) is 26.3 Å². The largest absolute Gasteiger partial charge is 0.346 e. The lowest BCUT2D eigenvalue weighted by atomic mass is 9.87. The number of hydrogen-bond acceptors (Lipinski definition) is 4. The van der Waals surface area contributed by atoms with E-state index < -0.39 is 11.6 Å². The number of imide groups is 1. The van der Waals surface area contributed by atoms with Gasteiger partial charge >= 0.3 is 6.03 Å². The third kappa shape index (κ3) is 2.82. The van der Waals surface area contributed by atoms with Gasteiger partial charge in [-0.3, -0.25) is 4.79 Å². The Morgan fingerprint density at radius 3 is 2.70 bits per heavy atom. The molecule has 1 N–H and O–H groups in total. The molecular weight excluding hydrogens is 378 g/mol. The fourth-order valence-electron chi connectivity index (χ4n) is 2.54. The molecule has 5 nitrogen and oxygen atoms in total. The van der Waals surface area contributed by atoms with Crippen LogP contribution in [0.1, 0.15) is 23.8 Å². The molecule has 1 fully saturated rings. The SMILES string of the molecule is CC[C@@]1(c2ccccc2)NC(=O)N(/N=C\c2cc(Br)cs2)C1=O. The fraction of sp³-hybridized carbons (Fsp3) is 0.188. The molecule has 1 saturated heterocycles. The number of carbonyl (C=O) groups is 2. The summed E-state index contributed by atoms with van der Waals surface area (Å²) in [6, 6.07) is 10.6. The summed E-state index contributed by atoms with van der Waals surface area (Å²) in [7, 11) is 0. The lowest BCUT2D eigenvalue weighted by Gasteiger charge is -2.24. The number of nitrogens with one attached hydrogen (secondary N) is 1. The number of amides is 3. The minimum absolute atomic E-state index is 0.358. The van der Waals surface area contributed by atoms with Gasteiger partial charge in [0.1, 0.15) is 5.54 Å². The van der Waals surface area contributed by atoms with Crippen molar-refractivity contribution in [3.63, 3.8) is 0 Å². The van der Waals surface area contributed by atoms with Crippen molar-refractivity contribution in [1.82, 2.24) is 10.3 Å². The maximum atomic E-state index is 12.8. The van der Waals surface area contributed by atoms with Crippen molar-refractivity contribution < 1.29 is 9.59 Å². The number of hydrazone groups is 1. The second-order valence-corrected chi connectivity index (χ2v) is 6.94. The normalized spacial score (nSPS) is 21.2. The van der Waals surface area contributed by atoms with Crippen LogP contribution in [0.4, 0.5) is 4.79 Å². The molecule has 23 heavy (non-hydrogen) atoms. The topological polar surface area (TPSA) is 61.8 Å². The van der Waals surface area contributed by atoms with Crippen LogP contribution >= 0.6 is 27.3 Å². The molecule has 0 spiro atoms. The van der Waals surface area contributed by atoms with E-state index in [1.54, 1.807) is 0 Å². The molecule has 2 aromatic rings. The molecule has 1 aliphatic rings. The summed E-state index contributed by atoms with van der Waals surface area (Å²) >= 11 is 4.83. The number of benzene rings is 1. The van der Waals surface area contributed by atoms with Crippen LogP contribution < -0.4 is 5.32 Å². The molecule has 3 amide bonds. The predicted molar refractivity (Wildman–Crippen MR) is 93.4 cm³/mol. The lowest BCUT2D eigenvalue weighted by molar-refractivity contribution is -0.131. The first kappa shape index (κ1) is 15.9. The van der Waals surface area contributed by atoms with Gasteiger partial charge in [-0.15, -0.1) is 16.3 Å². The number of halogens is 1. The van der Waals surface area contributed by atoms with E-state index in [-0.39, 0.29) is 5.91 Å². The van der Waals surface area contributed by atoms with Crippen molar-refractivity contribution >= 4 is 45.4 Å². The van der Waals surface area contributed by atoms with Gasteiger partial charge in [-0.25, -0.2) is 4.79 Å². The highest BCUT2D eigenvalue weighted by molar-refractivity contribution is 9.10.